The summed E-state index contributed by atoms with van der Waals surface area (Å²) in [6, 6.07) is 5.67. The number of aryl methyl sites for hydroxylation is 1. The minimum absolute atomic E-state index is 0.267. The van der Waals surface area contributed by atoms with E-state index in [4.69, 9.17) is 0 Å². The average molecular weight is 217 g/mol. The molecule has 6 nitrogen and oxygen atoms in total. The first kappa shape index (κ1) is 10.3. The molecule has 0 atom stereocenters. The minimum Gasteiger partial charge on any atom is -0.345 e. The molecular weight excluding hydrogens is 206 g/mol. The molecule has 2 aromatic heterocycles. The van der Waals surface area contributed by atoms with Crippen molar-refractivity contribution in [3.05, 3.63) is 41.5 Å². The normalized spacial score (nSPS) is 10.1. The van der Waals surface area contributed by atoms with Gasteiger partial charge in [0.15, 0.2) is 5.69 Å². The number of hydrogen-bond donors (Lipinski definition) is 2. The van der Waals surface area contributed by atoms with E-state index in [-0.39, 0.29) is 11.6 Å². The van der Waals surface area contributed by atoms with Gasteiger partial charge in [0, 0.05) is 5.69 Å². The van der Waals surface area contributed by atoms with Gasteiger partial charge < -0.3 is 5.32 Å². The molecule has 0 saturated heterocycles. The van der Waals surface area contributed by atoms with Gasteiger partial charge in [-0.25, -0.2) is 0 Å². The zero-order valence-electron chi connectivity index (χ0n) is 8.77. The summed E-state index contributed by atoms with van der Waals surface area (Å²) < 4.78 is 0. The Morgan fingerprint density at radius 2 is 2.38 bits per heavy atom. The number of aromatic amines is 1. The van der Waals surface area contributed by atoms with Crippen LogP contribution in [0.1, 0.15) is 21.9 Å². The maximum Gasteiger partial charge on any atom is 0.273 e. The van der Waals surface area contributed by atoms with Crippen molar-refractivity contribution in [2.24, 2.45) is 0 Å². The lowest BCUT2D eigenvalue weighted by molar-refractivity contribution is 0.0945. The lowest BCUT2D eigenvalue weighted by Gasteiger charge is -2.02. The third-order valence-electron chi connectivity index (χ3n) is 2.02. The summed E-state index contributed by atoms with van der Waals surface area (Å²) >= 11 is 0. The van der Waals surface area contributed by atoms with Crippen LogP contribution in [0.25, 0.3) is 0 Å². The van der Waals surface area contributed by atoms with Gasteiger partial charge in [0.2, 0.25) is 0 Å². The van der Waals surface area contributed by atoms with Gasteiger partial charge in [0.1, 0.15) is 0 Å². The largest absolute Gasteiger partial charge is 0.345 e. The molecule has 1 amide bonds. The minimum atomic E-state index is -0.267. The Kier molecular flexibility index (Phi) is 2.90. The van der Waals surface area contributed by atoms with Crippen molar-refractivity contribution in [2.75, 3.05) is 0 Å². The molecule has 82 valence electrons. The Hall–Kier alpha value is -2.24. The zero-order valence-corrected chi connectivity index (χ0v) is 8.77. The molecule has 2 aromatic rings. The second-order valence-corrected chi connectivity index (χ2v) is 3.31. The molecule has 0 unspecified atom stereocenters. The molecule has 0 aromatic carbocycles. The van der Waals surface area contributed by atoms with Crippen LogP contribution < -0.4 is 5.32 Å². The summed E-state index contributed by atoms with van der Waals surface area (Å²) in [5, 5.41) is 12.3. The zero-order chi connectivity index (χ0) is 11.4. The van der Waals surface area contributed by atoms with Gasteiger partial charge in [-0.15, -0.1) is 0 Å². The highest BCUT2D eigenvalue weighted by Crippen LogP contribution is 1.98. The number of carbonyl (C=O) groups is 1. The number of nitrogens with one attached hydrogen (secondary N) is 2. The summed E-state index contributed by atoms with van der Waals surface area (Å²) in [6.45, 7) is 2.29. The van der Waals surface area contributed by atoms with Crippen LogP contribution in [0.3, 0.4) is 0 Å². The quantitative estimate of drug-likeness (QED) is 0.781. The third kappa shape index (κ3) is 2.41. The van der Waals surface area contributed by atoms with Crippen molar-refractivity contribution in [1.82, 2.24) is 25.7 Å². The maximum absolute atomic E-state index is 11.5. The molecular formula is C10H11N5O. The van der Waals surface area contributed by atoms with Gasteiger partial charge in [-0.05, 0) is 19.1 Å². The van der Waals surface area contributed by atoms with E-state index in [0.717, 1.165) is 11.4 Å². The van der Waals surface area contributed by atoms with E-state index in [1.165, 1.54) is 6.20 Å². The van der Waals surface area contributed by atoms with E-state index in [1.54, 1.807) is 0 Å². The first-order valence-electron chi connectivity index (χ1n) is 4.82. The highest BCUT2D eigenvalue weighted by Gasteiger charge is 2.07. The molecule has 0 fully saturated rings. The van der Waals surface area contributed by atoms with Crippen LogP contribution in [0.4, 0.5) is 0 Å². The second-order valence-electron chi connectivity index (χ2n) is 3.31. The van der Waals surface area contributed by atoms with Gasteiger partial charge >= 0.3 is 0 Å². The molecule has 0 aliphatic carbocycles. The van der Waals surface area contributed by atoms with E-state index < -0.39 is 0 Å². The van der Waals surface area contributed by atoms with Crippen LogP contribution in [0.5, 0.6) is 0 Å². The van der Waals surface area contributed by atoms with Crippen LogP contribution >= 0.6 is 0 Å². The Bertz CT molecular complexity index is 480. The number of amides is 1. The molecule has 0 spiro atoms. The standard InChI is InChI=1S/C10H11N5O/c1-7-3-2-4-8(13-7)5-11-10(16)9-6-12-15-14-9/h2-4,6H,5H2,1H3,(H,11,16)(H,12,14,15). The maximum atomic E-state index is 11.5. The highest BCUT2D eigenvalue weighted by atomic mass is 16.1. The van der Waals surface area contributed by atoms with E-state index in [0.29, 0.717) is 6.54 Å². The number of carbonyl (C=O) groups excluding carboxylic acids is 1. The lowest BCUT2D eigenvalue weighted by atomic mass is 10.3. The van der Waals surface area contributed by atoms with Crippen LogP contribution in [0, 0.1) is 6.92 Å². The van der Waals surface area contributed by atoms with Gasteiger partial charge in [-0.1, -0.05) is 6.07 Å². The molecule has 2 N–H and O–H groups in total. The van der Waals surface area contributed by atoms with Gasteiger partial charge in [0.05, 0.1) is 18.4 Å². The van der Waals surface area contributed by atoms with Crippen LogP contribution in [0.2, 0.25) is 0 Å². The Morgan fingerprint density at radius 1 is 1.50 bits per heavy atom. The van der Waals surface area contributed by atoms with Crippen molar-refractivity contribution >= 4 is 5.91 Å². The summed E-state index contributed by atoms with van der Waals surface area (Å²) in [5.74, 6) is -0.267. The molecule has 0 bridgehead atoms. The van der Waals surface area contributed by atoms with E-state index in [1.807, 2.05) is 25.1 Å². The monoisotopic (exact) mass is 217 g/mol. The van der Waals surface area contributed by atoms with Crippen LogP contribution in [0.15, 0.2) is 24.4 Å². The predicted octanol–water partition coefficient (Wildman–Crippen LogP) is 0.438. The topological polar surface area (TPSA) is 83.6 Å². The lowest BCUT2D eigenvalue weighted by Crippen LogP contribution is -2.23. The molecule has 2 heterocycles. The molecule has 0 aliphatic rings. The molecule has 0 radical (unpaired) electrons. The number of hydrogen-bond acceptors (Lipinski definition) is 4. The summed E-state index contributed by atoms with van der Waals surface area (Å²) in [7, 11) is 0. The smallest absolute Gasteiger partial charge is 0.273 e. The average Bonchev–Trinajstić information content (AvgIpc) is 2.79. The molecule has 2 rings (SSSR count). The van der Waals surface area contributed by atoms with E-state index in [9.17, 15) is 4.79 Å². The molecule has 0 aliphatic heterocycles. The van der Waals surface area contributed by atoms with Crippen molar-refractivity contribution < 1.29 is 4.79 Å². The van der Waals surface area contributed by atoms with Crippen LogP contribution in [-0.2, 0) is 6.54 Å². The second kappa shape index (κ2) is 4.52. The fraction of sp³-hybridized carbons (Fsp3) is 0.200. The predicted molar refractivity (Wildman–Crippen MR) is 56.5 cm³/mol. The summed E-state index contributed by atoms with van der Waals surface area (Å²) in [6.07, 6.45) is 1.37. The number of pyridine rings is 1. The first-order valence-corrected chi connectivity index (χ1v) is 4.82. The van der Waals surface area contributed by atoms with Crippen LogP contribution in [-0.4, -0.2) is 26.3 Å². The van der Waals surface area contributed by atoms with Crippen molar-refractivity contribution in [3.63, 3.8) is 0 Å². The molecule has 0 saturated carbocycles. The Morgan fingerprint density at radius 3 is 3.06 bits per heavy atom. The van der Waals surface area contributed by atoms with Gasteiger partial charge in [-0.2, -0.15) is 15.4 Å². The molecule has 6 heteroatoms. The molecule has 16 heavy (non-hydrogen) atoms. The number of nitrogens with zero attached hydrogens (tertiary/aromatic N) is 3. The summed E-state index contributed by atoms with van der Waals surface area (Å²) in [5.41, 5.74) is 2.01. The van der Waals surface area contributed by atoms with Crippen molar-refractivity contribution in [3.8, 4) is 0 Å². The first-order chi connectivity index (χ1) is 7.75. The van der Waals surface area contributed by atoms with Crippen molar-refractivity contribution in [1.29, 1.82) is 0 Å². The number of H-pyrrole nitrogens is 1. The Balaban J connectivity index is 1.95. The Labute approximate surface area is 92.1 Å². The highest BCUT2D eigenvalue weighted by molar-refractivity contribution is 5.91. The fourth-order valence-corrected chi connectivity index (χ4v) is 1.27. The fourth-order valence-electron chi connectivity index (χ4n) is 1.27. The van der Waals surface area contributed by atoms with Gasteiger partial charge in [-0.3, -0.25) is 9.78 Å². The number of rotatable bonds is 3. The van der Waals surface area contributed by atoms with Crippen molar-refractivity contribution in [2.45, 2.75) is 13.5 Å². The van der Waals surface area contributed by atoms with E-state index in [2.05, 4.69) is 25.7 Å². The third-order valence-corrected chi connectivity index (χ3v) is 2.02. The van der Waals surface area contributed by atoms with Gasteiger partial charge in [0.25, 0.3) is 5.91 Å². The number of aromatic nitrogens is 4. The summed E-state index contributed by atoms with van der Waals surface area (Å²) in [4.78, 5) is 15.8. The van der Waals surface area contributed by atoms with E-state index >= 15 is 0 Å². The SMILES string of the molecule is Cc1cccc(CNC(=O)c2cn[nH]n2)n1.